The first-order valence-electron chi connectivity index (χ1n) is 4.99. The third kappa shape index (κ3) is 1.78. The minimum atomic E-state index is -0.0715. The van der Waals surface area contributed by atoms with E-state index in [1.807, 2.05) is 4.90 Å². The minimum absolute atomic E-state index is 0.0715. The molecule has 1 aromatic heterocycles. The molecule has 2 rings (SSSR count). The summed E-state index contributed by atoms with van der Waals surface area (Å²) in [5, 5.41) is 0. The summed E-state index contributed by atoms with van der Waals surface area (Å²) < 4.78 is 5.20. The molecule has 2 heterocycles. The zero-order chi connectivity index (χ0) is 9.97. The van der Waals surface area contributed by atoms with Crippen LogP contribution in [0.4, 0.5) is 0 Å². The molecular formula is C10H14N2O2. The largest absolute Gasteiger partial charge is 0.438 e. The maximum Gasteiger partial charge on any atom is 0.309 e. The highest BCUT2D eigenvalue weighted by Gasteiger charge is 2.21. The lowest BCUT2D eigenvalue weighted by Crippen LogP contribution is -2.35. The first-order chi connectivity index (χ1) is 6.77. The molecule has 0 saturated carbocycles. The zero-order valence-electron chi connectivity index (χ0n) is 8.32. The van der Waals surface area contributed by atoms with Crippen molar-refractivity contribution in [1.82, 2.24) is 9.88 Å². The molecule has 0 bridgehead atoms. The van der Waals surface area contributed by atoms with Gasteiger partial charge in [-0.05, 0) is 26.2 Å². The fourth-order valence-corrected chi connectivity index (χ4v) is 1.69. The second kappa shape index (κ2) is 3.82. The standard InChI is InChI=1S/C10H14N2O2/c1-8-7-11-9(14-8)10(13)12-5-3-2-4-6-12/h7H,2-6H2,1H3. The van der Waals surface area contributed by atoms with Crippen LogP contribution in [0.5, 0.6) is 0 Å². The Bertz CT molecular complexity index is 327. The first-order valence-corrected chi connectivity index (χ1v) is 4.99. The van der Waals surface area contributed by atoms with Crippen molar-refractivity contribution in [2.75, 3.05) is 13.1 Å². The normalized spacial score (nSPS) is 17.1. The van der Waals surface area contributed by atoms with Gasteiger partial charge in [-0.3, -0.25) is 4.79 Å². The van der Waals surface area contributed by atoms with E-state index < -0.39 is 0 Å². The van der Waals surface area contributed by atoms with Gasteiger partial charge in [0.25, 0.3) is 5.89 Å². The van der Waals surface area contributed by atoms with Crippen molar-refractivity contribution < 1.29 is 9.21 Å². The molecule has 1 aromatic rings. The number of hydrogen-bond acceptors (Lipinski definition) is 3. The minimum Gasteiger partial charge on any atom is -0.438 e. The lowest BCUT2D eigenvalue weighted by molar-refractivity contribution is 0.0682. The fourth-order valence-electron chi connectivity index (χ4n) is 1.69. The summed E-state index contributed by atoms with van der Waals surface area (Å²) >= 11 is 0. The van der Waals surface area contributed by atoms with E-state index in [4.69, 9.17) is 4.42 Å². The van der Waals surface area contributed by atoms with E-state index in [-0.39, 0.29) is 11.8 Å². The number of aryl methyl sites for hydroxylation is 1. The van der Waals surface area contributed by atoms with Crippen molar-refractivity contribution in [3.63, 3.8) is 0 Å². The molecule has 1 aliphatic heterocycles. The average molecular weight is 194 g/mol. The van der Waals surface area contributed by atoms with Gasteiger partial charge in [-0.2, -0.15) is 0 Å². The van der Waals surface area contributed by atoms with Gasteiger partial charge in [-0.1, -0.05) is 0 Å². The van der Waals surface area contributed by atoms with Crippen LogP contribution in [0.25, 0.3) is 0 Å². The maximum atomic E-state index is 11.8. The van der Waals surface area contributed by atoms with Crippen molar-refractivity contribution in [3.05, 3.63) is 17.8 Å². The van der Waals surface area contributed by atoms with Gasteiger partial charge in [0.15, 0.2) is 0 Å². The Morgan fingerprint density at radius 1 is 1.43 bits per heavy atom. The van der Waals surface area contributed by atoms with Crippen molar-refractivity contribution in [2.24, 2.45) is 0 Å². The van der Waals surface area contributed by atoms with Gasteiger partial charge in [0, 0.05) is 13.1 Å². The molecular weight excluding hydrogens is 180 g/mol. The lowest BCUT2D eigenvalue weighted by atomic mass is 10.1. The van der Waals surface area contributed by atoms with E-state index in [0.717, 1.165) is 25.9 Å². The van der Waals surface area contributed by atoms with Crippen molar-refractivity contribution >= 4 is 5.91 Å². The van der Waals surface area contributed by atoms with Crippen LogP contribution < -0.4 is 0 Å². The Hall–Kier alpha value is -1.32. The number of carbonyl (C=O) groups is 1. The number of piperidine rings is 1. The van der Waals surface area contributed by atoms with Crippen molar-refractivity contribution in [1.29, 1.82) is 0 Å². The van der Waals surface area contributed by atoms with E-state index in [9.17, 15) is 4.79 Å². The molecule has 0 aliphatic carbocycles. The summed E-state index contributed by atoms with van der Waals surface area (Å²) in [6.45, 7) is 3.46. The molecule has 0 spiro atoms. The summed E-state index contributed by atoms with van der Waals surface area (Å²) in [6.07, 6.45) is 4.97. The summed E-state index contributed by atoms with van der Waals surface area (Å²) in [4.78, 5) is 17.5. The predicted octanol–water partition coefficient (Wildman–Crippen LogP) is 1.61. The van der Waals surface area contributed by atoms with Gasteiger partial charge in [0.05, 0.1) is 6.20 Å². The van der Waals surface area contributed by atoms with Gasteiger partial charge < -0.3 is 9.32 Å². The molecule has 4 nitrogen and oxygen atoms in total. The number of carbonyl (C=O) groups excluding carboxylic acids is 1. The molecule has 0 aromatic carbocycles. The van der Waals surface area contributed by atoms with Crippen LogP contribution in [0.15, 0.2) is 10.6 Å². The second-order valence-corrected chi connectivity index (χ2v) is 3.63. The average Bonchev–Trinajstić information content (AvgIpc) is 2.65. The number of oxazole rings is 1. The highest BCUT2D eigenvalue weighted by Crippen LogP contribution is 2.12. The van der Waals surface area contributed by atoms with Gasteiger partial charge in [-0.15, -0.1) is 0 Å². The van der Waals surface area contributed by atoms with Crippen LogP contribution in [0.2, 0.25) is 0 Å². The van der Waals surface area contributed by atoms with Gasteiger partial charge >= 0.3 is 5.91 Å². The molecule has 0 N–H and O–H groups in total. The Morgan fingerprint density at radius 3 is 2.71 bits per heavy atom. The molecule has 1 aliphatic rings. The summed E-state index contributed by atoms with van der Waals surface area (Å²) in [7, 11) is 0. The monoisotopic (exact) mass is 194 g/mol. The van der Waals surface area contributed by atoms with E-state index in [1.165, 1.54) is 6.42 Å². The van der Waals surface area contributed by atoms with E-state index in [1.54, 1.807) is 13.1 Å². The smallest absolute Gasteiger partial charge is 0.309 e. The highest BCUT2D eigenvalue weighted by molar-refractivity contribution is 5.89. The third-order valence-corrected chi connectivity index (χ3v) is 2.45. The molecule has 1 amide bonds. The van der Waals surface area contributed by atoms with Crippen LogP contribution in [0.3, 0.4) is 0 Å². The van der Waals surface area contributed by atoms with Gasteiger partial charge in [0.2, 0.25) is 0 Å². The molecule has 14 heavy (non-hydrogen) atoms. The van der Waals surface area contributed by atoms with Crippen LogP contribution in [0.1, 0.15) is 35.7 Å². The van der Waals surface area contributed by atoms with E-state index >= 15 is 0 Å². The number of aromatic nitrogens is 1. The fraction of sp³-hybridized carbons (Fsp3) is 0.600. The molecule has 4 heteroatoms. The summed E-state index contributed by atoms with van der Waals surface area (Å²) in [5.41, 5.74) is 0. The lowest BCUT2D eigenvalue weighted by Gasteiger charge is -2.25. The number of likely N-dealkylation sites (tertiary alicyclic amines) is 1. The van der Waals surface area contributed by atoms with Crippen LogP contribution >= 0.6 is 0 Å². The highest BCUT2D eigenvalue weighted by atomic mass is 16.4. The van der Waals surface area contributed by atoms with E-state index in [0.29, 0.717) is 5.76 Å². The SMILES string of the molecule is Cc1cnc(C(=O)N2CCCCC2)o1. The Balaban J connectivity index is 2.07. The van der Waals surface area contributed by atoms with Gasteiger partial charge in [0.1, 0.15) is 5.76 Å². The Morgan fingerprint density at radius 2 is 2.14 bits per heavy atom. The van der Waals surface area contributed by atoms with Crippen molar-refractivity contribution in [3.8, 4) is 0 Å². The Kier molecular flexibility index (Phi) is 2.52. The molecule has 0 atom stereocenters. The Labute approximate surface area is 82.9 Å². The van der Waals surface area contributed by atoms with Crippen LogP contribution in [0, 0.1) is 6.92 Å². The maximum absolute atomic E-state index is 11.8. The van der Waals surface area contributed by atoms with Gasteiger partial charge in [-0.25, -0.2) is 4.98 Å². The first kappa shape index (κ1) is 9.24. The van der Waals surface area contributed by atoms with Crippen LogP contribution in [-0.4, -0.2) is 28.9 Å². The number of hydrogen-bond donors (Lipinski definition) is 0. The molecule has 1 fully saturated rings. The third-order valence-electron chi connectivity index (χ3n) is 2.45. The molecule has 1 saturated heterocycles. The number of nitrogens with zero attached hydrogens (tertiary/aromatic N) is 2. The number of amides is 1. The second-order valence-electron chi connectivity index (χ2n) is 3.63. The summed E-state index contributed by atoms with van der Waals surface area (Å²) in [5.74, 6) is 0.840. The zero-order valence-corrected chi connectivity index (χ0v) is 8.32. The van der Waals surface area contributed by atoms with Crippen LogP contribution in [-0.2, 0) is 0 Å². The van der Waals surface area contributed by atoms with Crippen molar-refractivity contribution in [2.45, 2.75) is 26.2 Å². The molecule has 0 unspecified atom stereocenters. The molecule has 0 radical (unpaired) electrons. The topological polar surface area (TPSA) is 46.3 Å². The predicted molar refractivity (Wildman–Crippen MR) is 51.0 cm³/mol. The van der Waals surface area contributed by atoms with E-state index in [2.05, 4.69) is 4.98 Å². The number of rotatable bonds is 1. The molecule has 76 valence electrons. The quantitative estimate of drug-likeness (QED) is 0.682. The summed E-state index contributed by atoms with van der Waals surface area (Å²) in [6, 6.07) is 0.